The molecule has 0 aliphatic carbocycles. The molecule has 1 N–H and O–H groups in total. The molecule has 0 radical (unpaired) electrons. The van der Waals surface area contributed by atoms with Crippen LogP contribution in [-0.4, -0.2) is 75.6 Å². The van der Waals surface area contributed by atoms with Gasteiger partial charge in [0.25, 0.3) is 0 Å². The molecular formula is C48H53NO10. The monoisotopic (exact) mass is 803 g/mol. The van der Waals surface area contributed by atoms with Crippen LogP contribution < -0.4 is 5.48 Å². The summed E-state index contributed by atoms with van der Waals surface area (Å²) in [6.07, 6.45) is -5.03. The van der Waals surface area contributed by atoms with Crippen LogP contribution in [0.4, 0.5) is 0 Å². The smallest absolute Gasteiger partial charge is 0.206 e. The molecule has 3 saturated heterocycles. The molecule has 0 bridgehead atoms. The van der Waals surface area contributed by atoms with Crippen LogP contribution in [-0.2, 0) is 73.9 Å². The van der Waals surface area contributed by atoms with Gasteiger partial charge in [-0.1, -0.05) is 152 Å². The summed E-state index contributed by atoms with van der Waals surface area (Å²) < 4.78 is 58.5. The number of fused-ring (bicyclic) bond motifs is 1. The van der Waals surface area contributed by atoms with Gasteiger partial charge in [-0.2, -0.15) is 5.48 Å². The van der Waals surface area contributed by atoms with E-state index in [1.54, 1.807) is 7.11 Å². The zero-order valence-corrected chi connectivity index (χ0v) is 33.2. The molecule has 59 heavy (non-hydrogen) atoms. The minimum atomic E-state index is -0.964. The molecule has 11 nitrogen and oxygen atoms in total. The van der Waals surface area contributed by atoms with E-state index in [1.165, 1.54) is 0 Å². The number of benzene rings is 5. The van der Waals surface area contributed by atoms with Gasteiger partial charge in [0.2, 0.25) is 6.29 Å². The third-order valence-corrected chi connectivity index (χ3v) is 10.7. The lowest BCUT2D eigenvalue weighted by Gasteiger charge is -2.48. The summed E-state index contributed by atoms with van der Waals surface area (Å²) in [5, 5.41) is 0. The van der Waals surface area contributed by atoms with Gasteiger partial charge in [-0.15, -0.1) is 0 Å². The average Bonchev–Trinajstić information content (AvgIpc) is 3.30. The standard InChI is InChI=1S/C48H53NO10/c1-50-42-27-39(43-41(56-42)33-55-47(58-43)38-25-15-6-16-26-38)49-59-48-46(54-31-37-23-13-5-14-24-37)45(53-30-36-21-11-4-12-22-36)44(52-29-35-19-9-3-10-20-35)40(57-48)32-51-28-34-17-7-2-8-18-34/h2-26,39-49H,27-33H2,1H3/t39-,40+,41+,42-,43-,44+,45-,46+,47+,48-/m0/s1. The lowest BCUT2D eigenvalue weighted by atomic mass is 9.97. The summed E-state index contributed by atoms with van der Waals surface area (Å²) in [6, 6.07) is 49.7. The molecular weight excluding hydrogens is 751 g/mol. The molecule has 5 aromatic carbocycles. The van der Waals surface area contributed by atoms with E-state index in [0.717, 1.165) is 27.8 Å². The number of methoxy groups -OCH3 is 1. The van der Waals surface area contributed by atoms with Crippen molar-refractivity contribution in [2.75, 3.05) is 20.3 Å². The first-order chi connectivity index (χ1) is 29.2. The Hall–Kier alpha value is -4.34. The van der Waals surface area contributed by atoms with Gasteiger partial charge in [0.1, 0.15) is 36.6 Å². The largest absolute Gasteiger partial charge is 0.374 e. The second-order valence-corrected chi connectivity index (χ2v) is 14.9. The summed E-state index contributed by atoms with van der Waals surface area (Å²) >= 11 is 0. The maximum Gasteiger partial charge on any atom is 0.206 e. The summed E-state index contributed by atoms with van der Waals surface area (Å²) in [5.74, 6) is 0. The van der Waals surface area contributed by atoms with Gasteiger partial charge in [0, 0.05) is 19.1 Å². The molecule has 0 saturated carbocycles. The number of nitrogens with one attached hydrogen (secondary N) is 1. The maximum atomic E-state index is 6.91. The highest BCUT2D eigenvalue weighted by atomic mass is 16.8. The second kappa shape index (κ2) is 21.3. The van der Waals surface area contributed by atoms with Gasteiger partial charge in [0.05, 0.1) is 45.7 Å². The van der Waals surface area contributed by atoms with Gasteiger partial charge in [0.15, 0.2) is 12.6 Å². The van der Waals surface area contributed by atoms with Crippen LogP contribution in [0.15, 0.2) is 152 Å². The van der Waals surface area contributed by atoms with Crippen molar-refractivity contribution in [2.24, 2.45) is 0 Å². The number of rotatable bonds is 18. The topological polar surface area (TPSA) is 104 Å². The van der Waals surface area contributed by atoms with Gasteiger partial charge >= 0.3 is 0 Å². The Morgan fingerprint density at radius 1 is 0.559 bits per heavy atom. The Kier molecular flexibility index (Phi) is 14.9. The van der Waals surface area contributed by atoms with Crippen LogP contribution in [0.1, 0.15) is 40.5 Å². The van der Waals surface area contributed by atoms with Crippen LogP contribution in [0.5, 0.6) is 0 Å². The molecule has 0 unspecified atom stereocenters. The van der Waals surface area contributed by atoms with E-state index >= 15 is 0 Å². The fourth-order valence-electron chi connectivity index (χ4n) is 7.66. The van der Waals surface area contributed by atoms with E-state index < -0.39 is 55.5 Å². The van der Waals surface area contributed by atoms with E-state index in [0.29, 0.717) is 32.8 Å². The number of hydroxylamine groups is 1. The first-order valence-electron chi connectivity index (χ1n) is 20.4. The molecule has 10 atom stereocenters. The zero-order chi connectivity index (χ0) is 40.1. The van der Waals surface area contributed by atoms with Crippen molar-refractivity contribution in [1.29, 1.82) is 0 Å². The van der Waals surface area contributed by atoms with Gasteiger partial charge in [-0.25, -0.2) is 0 Å². The van der Waals surface area contributed by atoms with E-state index in [4.69, 9.17) is 47.5 Å². The average molecular weight is 804 g/mol. The van der Waals surface area contributed by atoms with E-state index in [1.807, 2.05) is 152 Å². The van der Waals surface area contributed by atoms with Gasteiger partial charge < -0.3 is 42.6 Å². The summed E-state index contributed by atoms with van der Waals surface area (Å²) in [6.45, 7) is 1.85. The van der Waals surface area contributed by atoms with Gasteiger partial charge in [-0.05, 0) is 22.3 Å². The number of hydrogen-bond acceptors (Lipinski definition) is 11. The maximum absolute atomic E-state index is 6.91. The van der Waals surface area contributed by atoms with Crippen molar-refractivity contribution in [3.63, 3.8) is 0 Å². The van der Waals surface area contributed by atoms with Crippen molar-refractivity contribution in [1.82, 2.24) is 5.48 Å². The van der Waals surface area contributed by atoms with E-state index in [-0.39, 0.29) is 19.3 Å². The fourth-order valence-corrected chi connectivity index (χ4v) is 7.66. The van der Waals surface area contributed by atoms with Crippen molar-refractivity contribution < 1.29 is 47.5 Å². The quantitative estimate of drug-likeness (QED) is 0.0894. The number of hydrogen-bond donors (Lipinski definition) is 1. The highest BCUT2D eigenvalue weighted by Crippen LogP contribution is 2.36. The van der Waals surface area contributed by atoms with Crippen molar-refractivity contribution in [3.8, 4) is 0 Å². The molecule has 3 aliphatic rings. The molecule has 5 aromatic rings. The summed E-state index contributed by atoms with van der Waals surface area (Å²) in [5.41, 5.74) is 8.34. The lowest BCUT2D eigenvalue weighted by Crippen LogP contribution is -2.64. The molecule has 310 valence electrons. The Bertz CT molecular complexity index is 1930. The third-order valence-electron chi connectivity index (χ3n) is 10.7. The fraction of sp³-hybridized carbons (Fsp3) is 0.375. The molecule has 11 heteroatoms. The molecule has 3 heterocycles. The third kappa shape index (κ3) is 11.3. The summed E-state index contributed by atoms with van der Waals surface area (Å²) in [7, 11) is 1.63. The van der Waals surface area contributed by atoms with Crippen molar-refractivity contribution in [3.05, 3.63) is 179 Å². The van der Waals surface area contributed by atoms with Crippen LogP contribution in [0.3, 0.4) is 0 Å². The Labute approximate surface area is 346 Å². The first-order valence-corrected chi connectivity index (χ1v) is 20.4. The Morgan fingerprint density at radius 2 is 1.07 bits per heavy atom. The minimum Gasteiger partial charge on any atom is -0.374 e. The zero-order valence-electron chi connectivity index (χ0n) is 33.2. The van der Waals surface area contributed by atoms with E-state index in [2.05, 4.69) is 5.48 Å². The van der Waals surface area contributed by atoms with Crippen LogP contribution in [0.25, 0.3) is 0 Å². The molecule has 3 aliphatic heterocycles. The van der Waals surface area contributed by atoms with Crippen LogP contribution in [0, 0.1) is 0 Å². The summed E-state index contributed by atoms with van der Waals surface area (Å²) in [4.78, 5) is 6.67. The van der Waals surface area contributed by atoms with E-state index in [9.17, 15) is 0 Å². The normalized spacial score (nSPS) is 28.2. The molecule has 3 fully saturated rings. The van der Waals surface area contributed by atoms with Crippen molar-refractivity contribution >= 4 is 0 Å². The Morgan fingerprint density at radius 3 is 1.63 bits per heavy atom. The molecule has 8 rings (SSSR count). The highest BCUT2D eigenvalue weighted by Gasteiger charge is 2.51. The SMILES string of the molecule is CO[C@@H]1C[C@H](NO[C@@H]2O[C@H](COCc3ccccc3)[C@@H](OCc3ccccc3)[C@H](OCc3ccccc3)[C@H]2OCc2ccccc2)[C@@H]2O[C@H](c3ccccc3)OC[C@H]2O1. The predicted octanol–water partition coefficient (Wildman–Crippen LogP) is 7.45. The van der Waals surface area contributed by atoms with Gasteiger partial charge in [-0.3, -0.25) is 4.84 Å². The van der Waals surface area contributed by atoms with Crippen LogP contribution in [0.2, 0.25) is 0 Å². The molecule has 0 amide bonds. The second-order valence-electron chi connectivity index (χ2n) is 14.9. The molecule has 0 spiro atoms. The predicted molar refractivity (Wildman–Crippen MR) is 218 cm³/mol. The molecule has 0 aromatic heterocycles. The van der Waals surface area contributed by atoms with Crippen molar-refractivity contribution in [2.45, 2.75) is 94.4 Å². The lowest BCUT2D eigenvalue weighted by molar-refractivity contribution is -0.357. The highest BCUT2D eigenvalue weighted by molar-refractivity contribution is 5.18. The number of ether oxygens (including phenoxy) is 9. The van der Waals surface area contributed by atoms with Crippen LogP contribution >= 0.6 is 0 Å². The Balaban J connectivity index is 1.09. The minimum absolute atomic E-state index is 0.206. The first kappa shape index (κ1) is 41.4.